The Morgan fingerprint density at radius 1 is 1.35 bits per heavy atom. The first-order chi connectivity index (χ1) is 11.6. The van der Waals surface area contributed by atoms with Gasteiger partial charge < -0.3 is 10.2 Å². The predicted molar refractivity (Wildman–Crippen MR) is 94.6 cm³/mol. The van der Waals surface area contributed by atoms with Crippen LogP contribution in [-0.2, 0) is 14.8 Å². The lowest BCUT2D eigenvalue weighted by atomic mass is 10.1. The fourth-order valence-electron chi connectivity index (χ4n) is 3.14. The molecular formula is C15H25ClF2N4O3S. The summed E-state index contributed by atoms with van der Waals surface area (Å²) >= 11 is 0. The number of piperidine rings is 1. The van der Waals surface area contributed by atoms with E-state index in [1.807, 2.05) is 0 Å². The summed E-state index contributed by atoms with van der Waals surface area (Å²) in [7, 11) is -3.28. The van der Waals surface area contributed by atoms with Crippen LogP contribution in [0.2, 0.25) is 0 Å². The van der Waals surface area contributed by atoms with Crippen molar-refractivity contribution in [3.8, 4) is 6.07 Å². The monoisotopic (exact) mass is 414 g/mol. The van der Waals surface area contributed by atoms with E-state index in [0.717, 1.165) is 4.90 Å². The van der Waals surface area contributed by atoms with E-state index in [1.54, 1.807) is 19.9 Å². The summed E-state index contributed by atoms with van der Waals surface area (Å²) in [5.41, 5.74) is 0. The molecule has 1 amide bonds. The maximum absolute atomic E-state index is 13.4. The first kappa shape index (κ1) is 23.0. The van der Waals surface area contributed by atoms with Gasteiger partial charge in [-0.25, -0.2) is 21.5 Å². The predicted octanol–water partition coefficient (Wildman–Crippen LogP) is 0.960. The van der Waals surface area contributed by atoms with Crippen LogP contribution in [0.5, 0.6) is 0 Å². The van der Waals surface area contributed by atoms with Gasteiger partial charge in [-0.1, -0.05) is 0 Å². The molecule has 0 aromatic heterocycles. The van der Waals surface area contributed by atoms with Crippen molar-refractivity contribution in [1.82, 2.24) is 14.5 Å². The molecule has 2 saturated heterocycles. The summed E-state index contributed by atoms with van der Waals surface area (Å²) in [4.78, 5) is 13.1. The van der Waals surface area contributed by atoms with E-state index in [4.69, 9.17) is 5.26 Å². The van der Waals surface area contributed by atoms with E-state index in [9.17, 15) is 22.0 Å². The van der Waals surface area contributed by atoms with Gasteiger partial charge in [0.2, 0.25) is 15.9 Å². The highest BCUT2D eigenvalue weighted by Crippen LogP contribution is 2.31. The second-order valence-electron chi connectivity index (χ2n) is 6.87. The number of alkyl halides is 2. The molecule has 1 N–H and O–H groups in total. The van der Waals surface area contributed by atoms with Gasteiger partial charge in [0.25, 0.3) is 5.92 Å². The zero-order chi connectivity index (χ0) is 18.8. The minimum Gasteiger partial charge on any atom is -0.319 e. The first-order valence-electron chi connectivity index (χ1n) is 8.36. The number of carbonyl (C=O) groups is 1. The lowest BCUT2D eigenvalue weighted by Crippen LogP contribution is -2.49. The molecule has 1 atom stereocenters. The van der Waals surface area contributed by atoms with Gasteiger partial charge >= 0.3 is 0 Å². The molecule has 2 fully saturated rings. The summed E-state index contributed by atoms with van der Waals surface area (Å²) in [6, 6.07) is 0.601. The third-order valence-electron chi connectivity index (χ3n) is 4.69. The number of carbonyl (C=O) groups excluding carboxylic acids is 1. The summed E-state index contributed by atoms with van der Waals surface area (Å²) < 4.78 is 52.4. The Bertz CT molecular complexity index is 646. The van der Waals surface area contributed by atoms with Gasteiger partial charge in [0, 0.05) is 25.6 Å². The highest BCUT2D eigenvalue weighted by atomic mass is 35.5. The molecule has 150 valence electrons. The first-order valence-corrected chi connectivity index (χ1v) is 9.86. The third-order valence-corrected chi connectivity index (χ3v) is 6.97. The van der Waals surface area contributed by atoms with Crippen LogP contribution >= 0.6 is 12.4 Å². The van der Waals surface area contributed by atoms with Crippen LogP contribution in [0.1, 0.15) is 33.1 Å². The molecule has 2 heterocycles. The zero-order valence-electron chi connectivity index (χ0n) is 14.8. The number of nitrogens with zero attached hydrogens (tertiary/aromatic N) is 3. The van der Waals surface area contributed by atoms with Crippen LogP contribution in [0.15, 0.2) is 0 Å². The summed E-state index contributed by atoms with van der Waals surface area (Å²) in [6.07, 6.45) is 0.481. The van der Waals surface area contributed by atoms with E-state index in [-0.39, 0.29) is 25.0 Å². The van der Waals surface area contributed by atoms with Crippen LogP contribution in [0.4, 0.5) is 8.78 Å². The molecule has 0 aliphatic carbocycles. The molecule has 2 aliphatic heterocycles. The maximum atomic E-state index is 13.4. The van der Waals surface area contributed by atoms with Gasteiger partial charge in [-0.2, -0.15) is 5.26 Å². The van der Waals surface area contributed by atoms with Crippen molar-refractivity contribution in [2.24, 2.45) is 0 Å². The Balaban J connectivity index is 0.00000338. The second kappa shape index (κ2) is 8.78. The number of nitrogens with one attached hydrogen (secondary N) is 1. The molecule has 1 unspecified atom stereocenters. The highest BCUT2D eigenvalue weighted by molar-refractivity contribution is 7.89. The van der Waals surface area contributed by atoms with Gasteiger partial charge in [0.05, 0.1) is 24.4 Å². The van der Waals surface area contributed by atoms with Crippen LogP contribution in [0, 0.1) is 11.3 Å². The van der Waals surface area contributed by atoms with E-state index < -0.39 is 46.1 Å². The van der Waals surface area contributed by atoms with Crippen LogP contribution in [0.25, 0.3) is 0 Å². The van der Waals surface area contributed by atoms with Crippen molar-refractivity contribution in [2.75, 3.05) is 26.2 Å². The number of sulfonamides is 1. The molecule has 2 aliphatic rings. The number of rotatable bonds is 5. The number of amides is 1. The normalized spacial score (nSPS) is 24.3. The van der Waals surface area contributed by atoms with Gasteiger partial charge in [-0.3, -0.25) is 4.79 Å². The lowest BCUT2D eigenvalue weighted by Gasteiger charge is -2.33. The minimum atomic E-state index is -3.28. The zero-order valence-corrected chi connectivity index (χ0v) is 16.5. The fraction of sp³-hybridized carbons (Fsp3) is 0.867. The molecular weight excluding hydrogens is 390 g/mol. The van der Waals surface area contributed by atoms with Crippen LogP contribution < -0.4 is 5.32 Å². The van der Waals surface area contributed by atoms with Crippen molar-refractivity contribution in [3.63, 3.8) is 0 Å². The Morgan fingerprint density at radius 3 is 2.42 bits per heavy atom. The van der Waals surface area contributed by atoms with Gasteiger partial charge in [-0.15, -0.1) is 12.4 Å². The molecule has 0 spiro atoms. The van der Waals surface area contributed by atoms with E-state index in [1.165, 1.54) is 4.31 Å². The van der Waals surface area contributed by atoms with E-state index >= 15 is 0 Å². The molecule has 0 bridgehead atoms. The van der Waals surface area contributed by atoms with Gasteiger partial charge in [-0.05, 0) is 26.7 Å². The molecule has 0 radical (unpaired) electrons. The van der Waals surface area contributed by atoms with E-state index in [2.05, 4.69) is 5.32 Å². The number of hydrogen-bond donors (Lipinski definition) is 1. The van der Waals surface area contributed by atoms with E-state index in [0.29, 0.717) is 25.9 Å². The number of nitriles is 1. The maximum Gasteiger partial charge on any atom is 0.268 e. The number of likely N-dealkylation sites (tertiary alicyclic amines) is 1. The largest absolute Gasteiger partial charge is 0.319 e. The second-order valence-corrected chi connectivity index (χ2v) is 9.36. The summed E-state index contributed by atoms with van der Waals surface area (Å²) in [6.45, 7) is 3.15. The quantitative estimate of drug-likeness (QED) is 0.723. The number of hydrogen-bond acceptors (Lipinski definition) is 5. The Hall–Kier alpha value is -1.02. The summed E-state index contributed by atoms with van der Waals surface area (Å²) in [5, 5.41) is 11.5. The SMILES string of the molecule is CC(C)S(=O)(=O)N1CCC(NCC(=O)N2CC(F)(F)CC2C#N)CC1.Cl. The van der Waals surface area contributed by atoms with Crippen LogP contribution in [-0.4, -0.2) is 73.0 Å². The Labute approximate surface area is 159 Å². The van der Waals surface area contributed by atoms with Gasteiger partial charge in [0.1, 0.15) is 6.04 Å². The van der Waals surface area contributed by atoms with Crippen LogP contribution in [0.3, 0.4) is 0 Å². The summed E-state index contributed by atoms with van der Waals surface area (Å²) in [5.74, 6) is -3.55. The van der Waals surface area contributed by atoms with Crippen molar-refractivity contribution < 1.29 is 22.0 Å². The lowest BCUT2D eigenvalue weighted by molar-refractivity contribution is -0.131. The number of halogens is 3. The molecule has 11 heteroatoms. The molecule has 7 nitrogen and oxygen atoms in total. The molecule has 2 rings (SSSR count). The van der Waals surface area contributed by atoms with Crippen molar-refractivity contribution in [2.45, 2.75) is 56.4 Å². The van der Waals surface area contributed by atoms with Crippen molar-refractivity contribution >= 4 is 28.3 Å². The third kappa shape index (κ3) is 5.25. The highest BCUT2D eigenvalue weighted by Gasteiger charge is 2.47. The van der Waals surface area contributed by atoms with Crippen molar-refractivity contribution in [1.29, 1.82) is 5.26 Å². The Morgan fingerprint density at radius 2 is 1.92 bits per heavy atom. The standard InChI is InChI=1S/C15H24F2N4O3S.ClH/c1-11(2)25(23,24)20-5-3-12(4-6-20)19-9-14(22)21-10-15(16,17)7-13(21)8-18;/h11-13,19H,3-7,9-10H2,1-2H3;1H. The smallest absolute Gasteiger partial charge is 0.268 e. The van der Waals surface area contributed by atoms with Crippen molar-refractivity contribution in [3.05, 3.63) is 0 Å². The average molecular weight is 415 g/mol. The minimum absolute atomic E-state index is 0. The fourth-order valence-corrected chi connectivity index (χ4v) is 4.46. The average Bonchev–Trinajstić information content (AvgIpc) is 2.88. The molecule has 0 aromatic rings. The Kier molecular flexibility index (Phi) is 7.77. The topological polar surface area (TPSA) is 93.5 Å². The molecule has 0 saturated carbocycles. The molecule has 0 aromatic carbocycles. The molecule has 26 heavy (non-hydrogen) atoms. The van der Waals surface area contributed by atoms with Gasteiger partial charge in [0.15, 0.2) is 0 Å².